The van der Waals surface area contributed by atoms with E-state index in [0.717, 1.165) is 31.5 Å². The van der Waals surface area contributed by atoms with Crippen LogP contribution in [0.4, 0.5) is 13.2 Å². The Labute approximate surface area is 116 Å². The maximum Gasteiger partial charge on any atom is 0.417 e. The van der Waals surface area contributed by atoms with E-state index in [4.69, 9.17) is 0 Å². The molecule has 1 unspecified atom stereocenters. The summed E-state index contributed by atoms with van der Waals surface area (Å²) in [7, 11) is -3.93. The number of sulfone groups is 1. The first kappa shape index (κ1) is 15.3. The van der Waals surface area contributed by atoms with Crippen molar-refractivity contribution in [2.24, 2.45) is 5.92 Å². The van der Waals surface area contributed by atoms with Crippen molar-refractivity contribution < 1.29 is 21.6 Å². The second-order valence-electron chi connectivity index (χ2n) is 4.99. The molecule has 1 aliphatic heterocycles. The zero-order valence-corrected chi connectivity index (χ0v) is 11.6. The lowest BCUT2D eigenvalue weighted by atomic mass is 10.0. The van der Waals surface area contributed by atoms with E-state index in [1.54, 1.807) is 0 Å². The van der Waals surface area contributed by atoms with Crippen molar-refractivity contribution >= 4 is 9.84 Å². The predicted octanol–water partition coefficient (Wildman–Crippen LogP) is 2.48. The third-order valence-corrected chi connectivity index (χ3v) is 5.32. The lowest BCUT2D eigenvalue weighted by Crippen LogP contribution is -2.34. The van der Waals surface area contributed by atoms with Crippen LogP contribution >= 0.6 is 0 Å². The third kappa shape index (κ3) is 3.52. The molecule has 3 nitrogen and oxygen atoms in total. The Kier molecular flexibility index (Phi) is 4.39. The first-order valence-corrected chi connectivity index (χ1v) is 8.05. The van der Waals surface area contributed by atoms with Crippen molar-refractivity contribution in [1.82, 2.24) is 5.32 Å². The minimum absolute atomic E-state index is 0.130. The predicted molar refractivity (Wildman–Crippen MR) is 69.1 cm³/mol. The molecule has 7 heteroatoms. The number of piperidine rings is 1. The molecule has 0 radical (unpaired) electrons. The summed E-state index contributed by atoms with van der Waals surface area (Å²) in [5.74, 6) is -0.373. The SMILES string of the molecule is O=S(=O)(CC1CCCNC1)c1ccccc1C(F)(F)F. The standard InChI is InChI=1S/C13H16F3NO2S/c14-13(15,16)11-5-1-2-6-12(11)20(18,19)9-10-4-3-7-17-8-10/h1-2,5-6,10,17H,3-4,7-9H2. The van der Waals surface area contributed by atoms with Crippen LogP contribution in [-0.4, -0.2) is 27.3 Å². The van der Waals surface area contributed by atoms with Crippen LogP contribution in [0.2, 0.25) is 0 Å². The van der Waals surface area contributed by atoms with Gasteiger partial charge in [-0.15, -0.1) is 0 Å². The van der Waals surface area contributed by atoms with Crippen LogP contribution in [0.15, 0.2) is 29.2 Å². The van der Waals surface area contributed by atoms with Crippen molar-refractivity contribution in [2.75, 3.05) is 18.8 Å². The van der Waals surface area contributed by atoms with E-state index in [2.05, 4.69) is 5.32 Å². The van der Waals surface area contributed by atoms with Crippen LogP contribution in [0.1, 0.15) is 18.4 Å². The van der Waals surface area contributed by atoms with Gasteiger partial charge in [0.15, 0.2) is 9.84 Å². The number of nitrogens with one attached hydrogen (secondary N) is 1. The fourth-order valence-corrected chi connectivity index (χ4v) is 4.33. The van der Waals surface area contributed by atoms with E-state index < -0.39 is 26.5 Å². The Morgan fingerprint density at radius 1 is 1.25 bits per heavy atom. The van der Waals surface area contributed by atoms with E-state index in [1.807, 2.05) is 0 Å². The van der Waals surface area contributed by atoms with Crippen LogP contribution in [0.25, 0.3) is 0 Å². The van der Waals surface area contributed by atoms with E-state index in [1.165, 1.54) is 12.1 Å². The number of halogens is 3. The van der Waals surface area contributed by atoms with Gasteiger partial charge in [-0.2, -0.15) is 13.2 Å². The zero-order chi connectivity index (χ0) is 14.8. The molecular weight excluding hydrogens is 291 g/mol. The monoisotopic (exact) mass is 307 g/mol. The lowest BCUT2D eigenvalue weighted by molar-refractivity contribution is -0.139. The third-order valence-electron chi connectivity index (χ3n) is 3.38. The molecule has 0 aliphatic carbocycles. The Balaban J connectivity index is 2.29. The van der Waals surface area contributed by atoms with Crippen LogP contribution in [0.5, 0.6) is 0 Å². The summed E-state index contributed by atoms with van der Waals surface area (Å²) >= 11 is 0. The van der Waals surface area contributed by atoms with Crippen molar-refractivity contribution in [3.63, 3.8) is 0 Å². The van der Waals surface area contributed by atoms with Crippen LogP contribution in [0.3, 0.4) is 0 Å². The fourth-order valence-electron chi connectivity index (χ4n) is 2.44. The molecule has 0 aromatic heterocycles. The second-order valence-corrected chi connectivity index (χ2v) is 6.99. The van der Waals surface area contributed by atoms with Gasteiger partial charge in [0.25, 0.3) is 0 Å². The molecule has 0 saturated carbocycles. The van der Waals surface area contributed by atoms with Crippen molar-refractivity contribution in [3.05, 3.63) is 29.8 Å². The summed E-state index contributed by atoms with van der Waals surface area (Å²) in [6.45, 7) is 1.36. The first-order chi connectivity index (χ1) is 9.31. The molecule has 1 aliphatic rings. The average molecular weight is 307 g/mol. The summed E-state index contributed by atoms with van der Waals surface area (Å²) in [4.78, 5) is -0.613. The van der Waals surface area contributed by atoms with Gasteiger partial charge in [0.1, 0.15) is 0 Å². The number of hydrogen-bond donors (Lipinski definition) is 1. The highest BCUT2D eigenvalue weighted by molar-refractivity contribution is 7.91. The fraction of sp³-hybridized carbons (Fsp3) is 0.538. The molecule has 112 valence electrons. The Morgan fingerprint density at radius 3 is 2.55 bits per heavy atom. The molecule has 0 amide bonds. The minimum Gasteiger partial charge on any atom is -0.316 e. The van der Waals surface area contributed by atoms with E-state index >= 15 is 0 Å². The molecule has 0 bridgehead atoms. The van der Waals surface area contributed by atoms with Crippen LogP contribution < -0.4 is 5.32 Å². The topological polar surface area (TPSA) is 46.2 Å². The maximum absolute atomic E-state index is 12.9. The highest BCUT2D eigenvalue weighted by atomic mass is 32.2. The van der Waals surface area contributed by atoms with Gasteiger partial charge in [-0.05, 0) is 44.0 Å². The van der Waals surface area contributed by atoms with Gasteiger partial charge in [0.2, 0.25) is 0 Å². The Morgan fingerprint density at radius 2 is 1.95 bits per heavy atom. The highest BCUT2D eigenvalue weighted by Crippen LogP contribution is 2.35. The molecule has 1 aromatic rings. The van der Waals surface area contributed by atoms with E-state index in [9.17, 15) is 21.6 Å². The summed E-state index contributed by atoms with van der Waals surface area (Å²) in [5, 5.41) is 3.07. The number of alkyl halides is 3. The largest absolute Gasteiger partial charge is 0.417 e. The summed E-state index contributed by atoms with van der Waals surface area (Å²) in [6.07, 6.45) is -3.09. The molecule has 20 heavy (non-hydrogen) atoms. The van der Waals surface area contributed by atoms with Gasteiger partial charge in [0.05, 0.1) is 16.2 Å². The van der Waals surface area contributed by atoms with Gasteiger partial charge in [-0.1, -0.05) is 12.1 Å². The number of rotatable bonds is 3. The Bertz CT molecular complexity index is 563. The summed E-state index contributed by atoms with van der Waals surface area (Å²) in [5.41, 5.74) is -1.08. The van der Waals surface area contributed by atoms with Crippen LogP contribution in [-0.2, 0) is 16.0 Å². The molecule has 1 saturated heterocycles. The number of hydrogen-bond acceptors (Lipinski definition) is 3. The zero-order valence-electron chi connectivity index (χ0n) is 10.8. The molecule has 1 fully saturated rings. The number of benzene rings is 1. The normalized spacial score (nSPS) is 20.9. The highest BCUT2D eigenvalue weighted by Gasteiger charge is 2.37. The molecule has 1 atom stereocenters. The van der Waals surface area contributed by atoms with Crippen molar-refractivity contribution in [2.45, 2.75) is 23.9 Å². The first-order valence-electron chi connectivity index (χ1n) is 6.40. The summed E-state index contributed by atoms with van der Waals surface area (Å²) in [6, 6.07) is 4.37. The molecule has 1 N–H and O–H groups in total. The molecule has 2 rings (SSSR count). The average Bonchev–Trinajstić information content (AvgIpc) is 2.38. The van der Waals surface area contributed by atoms with Crippen molar-refractivity contribution in [1.29, 1.82) is 0 Å². The van der Waals surface area contributed by atoms with Crippen molar-refractivity contribution in [3.8, 4) is 0 Å². The molecule has 1 heterocycles. The lowest BCUT2D eigenvalue weighted by Gasteiger charge is -2.23. The van der Waals surface area contributed by atoms with Gasteiger partial charge in [-0.3, -0.25) is 0 Å². The second kappa shape index (κ2) is 5.73. The molecule has 0 spiro atoms. The van der Waals surface area contributed by atoms with Gasteiger partial charge in [0, 0.05) is 0 Å². The van der Waals surface area contributed by atoms with Gasteiger partial charge in [-0.25, -0.2) is 8.42 Å². The molecule has 1 aromatic carbocycles. The van der Waals surface area contributed by atoms with E-state index in [0.29, 0.717) is 6.54 Å². The van der Waals surface area contributed by atoms with Gasteiger partial charge >= 0.3 is 6.18 Å². The van der Waals surface area contributed by atoms with Crippen LogP contribution in [0, 0.1) is 5.92 Å². The molecular formula is C13H16F3NO2S. The smallest absolute Gasteiger partial charge is 0.316 e. The minimum atomic E-state index is -4.66. The Hall–Kier alpha value is -1.08. The van der Waals surface area contributed by atoms with E-state index in [-0.39, 0.29) is 11.7 Å². The van der Waals surface area contributed by atoms with Gasteiger partial charge < -0.3 is 5.32 Å². The summed E-state index contributed by atoms with van der Waals surface area (Å²) < 4.78 is 63.1. The quantitative estimate of drug-likeness (QED) is 0.933. The maximum atomic E-state index is 12.9.